The predicted octanol–water partition coefficient (Wildman–Crippen LogP) is -0.402. The lowest BCUT2D eigenvalue weighted by Gasteiger charge is -2.11. The molecule has 1 aromatic rings. The van der Waals surface area contributed by atoms with Crippen LogP contribution in [-0.2, 0) is 20.0 Å². The second-order valence-electron chi connectivity index (χ2n) is 3.45. The van der Waals surface area contributed by atoms with E-state index in [0.29, 0.717) is 0 Å². The van der Waals surface area contributed by atoms with Crippen molar-refractivity contribution >= 4 is 20.0 Å². The fourth-order valence-corrected chi connectivity index (χ4v) is 4.04. The van der Waals surface area contributed by atoms with E-state index in [-0.39, 0.29) is 11.1 Å². The molecule has 6 nitrogen and oxygen atoms in total. The molecule has 0 aromatic heterocycles. The van der Waals surface area contributed by atoms with E-state index in [1.165, 1.54) is 26.0 Å². The van der Waals surface area contributed by atoms with Crippen LogP contribution in [0.3, 0.4) is 0 Å². The van der Waals surface area contributed by atoms with Gasteiger partial charge in [-0.15, -0.1) is 0 Å². The molecule has 0 spiro atoms. The van der Waals surface area contributed by atoms with Crippen molar-refractivity contribution in [1.29, 1.82) is 0 Å². The summed E-state index contributed by atoms with van der Waals surface area (Å²) >= 11 is 0. The number of hydrogen-bond acceptors (Lipinski definition) is 4. The topological polar surface area (TPSA) is 120 Å². The third kappa shape index (κ3) is 2.40. The average molecular weight is 264 g/mol. The van der Waals surface area contributed by atoms with Gasteiger partial charge in [0, 0.05) is 0 Å². The molecule has 0 unspecified atom stereocenters. The Morgan fingerprint density at radius 3 is 1.25 bits per heavy atom. The Labute approximate surface area is 94.4 Å². The van der Waals surface area contributed by atoms with Crippen molar-refractivity contribution in [3.8, 4) is 0 Å². The molecule has 0 aliphatic heterocycles. The van der Waals surface area contributed by atoms with Gasteiger partial charge in [-0.1, -0.05) is 12.1 Å². The Kier molecular flexibility index (Phi) is 3.12. The summed E-state index contributed by atoms with van der Waals surface area (Å²) in [5, 5.41) is 9.95. The molecule has 16 heavy (non-hydrogen) atoms. The smallest absolute Gasteiger partial charge is 0.225 e. The van der Waals surface area contributed by atoms with Crippen LogP contribution >= 0.6 is 0 Å². The highest BCUT2D eigenvalue weighted by atomic mass is 32.2. The molecule has 4 N–H and O–H groups in total. The summed E-state index contributed by atoms with van der Waals surface area (Å²) in [5.41, 5.74) is 0.495. The monoisotopic (exact) mass is 264 g/mol. The lowest BCUT2D eigenvalue weighted by molar-refractivity contribution is 0.582. The van der Waals surface area contributed by atoms with Gasteiger partial charge in [0.2, 0.25) is 20.0 Å². The lowest BCUT2D eigenvalue weighted by Crippen LogP contribution is -2.22. The van der Waals surface area contributed by atoms with E-state index in [1.807, 2.05) is 0 Å². The molecule has 1 aromatic carbocycles. The molecule has 0 aliphatic rings. The number of nitrogens with two attached hydrogens (primary N) is 2. The molecule has 8 heteroatoms. The van der Waals surface area contributed by atoms with Crippen LogP contribution in [0.25, 0.3) is 0 Å². The second kappa shape index (κ2) is 3.81. The zero-order chi connectivity index (χ0) is 12.7. The number of aryl methyl sites for hydroxylation is 2. The SMILES string of the molecule is Cc1ccc(C)c(S(N)(=O)=O)c1S(N)(=O)=O. The minimum atomic E-state index is -4.13. The van der Waals surface area contributed by atoms with Gasteiger partial charge >= 0.3 is 0 Å². The van der Waals surface area contributed by atoms with Gasteiger partial charge in [-0.05, 0) is 25.0 Å². The molecule has 1 rings (SSSR count). The Morgan fingerprint density at radius 1 is 0.812 bits per heavy atom. The van der Waals surface area contributed by atoms with Crippen molar-refractivity contribution in [2.24, 2.45) is 10.3 Å². The summed E-state index contributed by atoms with van der Waals surface area (Å²) in [5.74, 6) is 0. The maximum Gasteiger partial charge on any atom is 0.239 e. The minimum absolute atomic E-state index is 0.247. The Hall–Kier alpha value is -0.960. The number of sulfonamides is 2. The van der Waals surface area contributed by atoms with E-state index in [2.05, 4.69) is 0 Å². The summed E-state index contributed by atoms with van der Waals surface area (Å²) in [4.78, 5) is -0.870. The summed E-state index contributed by atoms with van der Waals surface area (Å²) in [7, 11) is -8.26. The fourth-order valence-electron chi connectivity index (χ4n) is 1.47. The second-order valence-corrected chi connectivity index (χ2v) is 6.44. The van der Waals surface area contributed by atoms with Crippen molar-refractivity contribution in [3.05, 3.63) is 23.3 Å². The molecular weight excluding hydrogens is 252 g/mol. The van der Waals surface area contributed by atoms with E-state index in [1.54, 1.807) is 0 Å². The highest BCUT2D eigenvalue weighted by Gasteiger charge is 2.25. The highest BCUT2D eigenvalue weighted by molar-refractivity contribution is 7.92. The van der Waals surface area contributed by atoms with Crippen molar-refractivity contribution in [2.45, 2.75) is 23.6 Å². The van der Waals surface area contributed by atoms with Crippen molar-refractivity contribution in [3.63, 3.8) is 0 Å². The molecule has 0 heterocycles. The normalized spacial score (nSPS) is 12.8. The molecular formula is C8H12N2O4S2. The minimum Gasteiger partial charge on any atom is -0.225 e. The van der Waals surface area contributed by atoms with Gasteiger partial charge in [-0.3, -0.25) is 0 Å². The van der Waals surface area contributed by atoms with Gasteiger partial charge in [-0.25, -0.2) is 27.1 Å². The molecule has 90 valence electrons. The molecule has 0 bridgehead atoms. The number of rotatable bonds is 2. The molecule has 0 atom stereocenters. The van der Waals surface area contributed by atoms with Crippen LogP contribution < -0.4 is 10.3 Å². The van der Waals surface area contributed by atoms with E-state index in [4.69, 9.17) is 10.3 Å². The molecule has 0 saturated heterocycles. The van der Waals surface area contributed by atoms with E-state index >= 15 is 0 Å². The highest BCUT2D eigenvalue weighted by Crippen LogP contribution is 2.25. The Morgan fingerprint density at radius 2 is 1.06 bits per heavy atom. The zero-order valence-electron chi connectivity index (χ0n) is 8.76. The maximum absolute atomic E-state index is 11.3. The zero-order valence-corrected chi connectivity index (χ0v) is 10.4. The van der Waals surface area contributed by atoms with Gasteiger partial charge < -0.3 is 0 Å². The van der Waals surface area contributed by atoms with Crippen molar-refractivity contribution in [1.82, 2.24) is 0 Å². The van der Waals surface area contributed by atoms with Crippen LogP contribution in [0, 0.1) is 13.8 Å². The van der Waals surface area contributed by atoms with Gasteiger partial charge in [0.05, 0.1) is 0 Å². The number of benzene rings is 1. The van der Waals surface area contributed by atoms with Crippen LogP contribution in [0.15, 0.2) is 21.9 Å². The molecule has 0 aliphatic carbocycles. The third-order valence-electron chi connectivity index (χ3n) is 2.07. The molecule has 0 saturated carbocycles. The average Bonchev–Trinajstić information content (AvgIpc) is 2.04. The van der Waals surface area contributed by atoms with Crippen molar-refractivity contribution < 1.29 is 16.8 Å². The summed E-state index contributed by atoms with van der Waals surface area (Å²) in [6.07, 6.45) is 0. The summed E-state index contributed by atoms with van der Waals surface area (Å²) in [6.45, 7) is 2.90. The van der Waals surface area contributed by atoms with Gasteiger partial charge in [0.1, 0.15) is 9.79 Å². The number of primary sulfonamides is 2. The van der Waals surface area contributed by atoms with Crippen LogP contribution in [0.5, 0.6) is 0 Å². The maximum atomic E-state index is 11.3. The molecule has 0 radical (unpaired) electrons. The van der Waals surface area contributed by atoms with Crippen LogP contribution in [0.2, 0.25) is 0 Å². The Bertz CT molecular complexity index is 575. The van der Waals surface area contributed by atoms with Gasteiger partial charge in [0.25, 0.3) is 0 Å². The van der Waals surface area contributed by atoms with E-state index in [0.717, 1.165) is 0 Å². The van der Waals surface area contributed by atoms with E-state index in [9.17, 15) is 16.8 Å². The first-order valence-corrected chi connectivity index (χ1v) is 7.30. The lowest BCUT2D eigenvalue weighted by atomic mass is 10.2. The third-order valence-corrected chi connectivity index (χ3v) is 4.39. The first-order chi connectivity index (χ1) is 7.05. The Balaban J connectivity index is 3.93. The molecule has 0 amide bonds. The van der Waals surface area contributed by atoms with Crippen LogP contribution in [0.1, 0.15) is 11.1 Å². The number of hydrogen-bond donors (Lipinski definition) is 2. The quantitative estimate of drug-likeness (QED) is 0.754. The van der Waals surface area contributed by atoms with Crippen molar-refractivity contribution in [2.75, 3.05) is 0 Å². The van der Waals surface area contributed by atoms with Crippen LogP contribution in [0.4, 0.5) is 0 Å². The fraction of sp³-hybridized carbons (Fsp3) is 0.250. The standard InChI is InChI=1S/C8H12N2O4S2/c1-5-3-4-6(2)8(16(10,13)14)7(5)15(9,11)12/h3-4H,1-2H3,(H2,9,11,12)(H2,10,13,14). The largest absolute Gasteiger partial charge is 0.239 e. The van der Waals surface area contributed by atoms with Gasteiger partial charge in [-0.2, -0.15) is 0 Å². The summed E-state index contributed by atoms with van der Waals surface area (Å²) < 4.78 is 45.3. The summed E-state index contributed by atoms with van der Waals surface area (Å²) in [6, 6.07) is 2.95. The van der Waals surface area contributed by atoms with Crippen LogP contribution in [-0.4, -0.2) is 16.8 Å². The molecule has 0 fully saturated rings. The first-order valence-electron chi connectivity index (χ1n) is 4.21. The predicted molar refractivity (Wildman–Crippen MR) is 58.7 cm³/mol. The van der Waals surface area contributed by atoms with Gasteiger partial charge in [0.15, 0.2) is 0 Å². The van der Waals surface area contributed by atoms with E-state index < -0.39 is 29.8 Å². The first kappa shape index (κ1) is 13.1.